The molecule has 0 rings (SSSR count). The zero-order valence-electron chi connectivity index (χ0n) is 54.0. The number of quaternary nitrogens is 1. The molecule has 0 aliphatic carbocycles. The third-order valence-corrected chi connectivity index (χ3v) is 17.0. The molecule has 0 aromatic rings. The first kappa shape index (κ1) is 78.5. The molecular formula is C71H137N2O6P. The molecule has 9 heteroatoms. The highest BCUT2D eigenvalue weighted by Crippen LogP contribution is 2.38. The Morgan fingerprint density at radius 1 is 0.450 bits per heavy atom. The third kappa shape index (κ3) is 64.0. The number of phosphoric acid groups is 1. The number of phosphoric ester groups is 1. The lowest BCUT2D eigenvalue weighted by atomic mass is 10.0. The molecule has 3 atom stereocenters. The first-order valence-electron chi connectivity index (χ1n) is 35.0. The summed E-state index contributed by atoms with van der Waals surface area (Å²) in [5.41, 5.74) is 0. The fraction of sp³-hybridized carbons (Fsp3) is 0.873. The van der Waals surface area contributed by atoms with Crippen molar-refractivity contribution in [2.45, 2.75) is 360 Å². The number of amides is 1. The Kier molecular flexibility index (Phi) is 60.8. The van der Waals surface area contributed by atoms with Gasteiger partial charge in [0, 0.05) is 6.42 Å². The summed E-state index contributed by atoms with van der Waals surface area (Å²) in [5, 5.41) is 14.1. The molecule has 80 heavy (non-hydrogen) atoms. The number of carbonyl (C=O) groups is 1. The van der Waals surface area contributed by atoms with Crippen molar-refractivity contribution in [3.8, 4) is 0 Å². The van der Waals surface area contributed by atoms with E-state index in [1.165, 1.54) is 257 Å². The highest BCUT2D eigenvalue weighted by atomic mass is 31.2. The second-order valence-electron chi connectivity index (χ2n) is 25.2. The number of nitrogens with one attached hydrogen (secondary N) is 1. The van der Waals surface area contributed by atoms with Crippen LogP contribution in [0.3, 0.4) is 0 Å². The first-order valence-corrected chi connectivity index (χ1v) is 36.4. The second kappa shape index (κ2) is 62.0. The van der Waals surface area contributed by atoms with Gasteiger partial charge < -0.3 is 28.8 Å². The minimum absolute atomic E-state index is 0.0117. The van der Waals surface area contributed by atoms with Crippen LogP contribution in [0.4, 0.5) is 0 Å². The van der Waals surface area contributed by atoms with Gasteiger partial charge in [0.25, 0.3) is 7.82 Å². The molecule has 0 bridgehead atoms. The van der Waals surface area contributed by atoms with Crippen molar-refractivity contribution in [2.24, 2.45) is 0 Å². The smallest absolute Gasteiger partial charge is 0.268 e. The van der Waals surface area contributed by atoms with Crippen LogP contribution in [0.1, 0.15) is 348 Å². The number of unbranched alkanes of at least 4 members (excludes halogenated alkanes) is 44. The largest absolute Gasteiger partial charge is 0.756 e. The Hall–Kier alpha value is -1.54. The van der Waals surface area contributed by atoms with Gasteiger partial charge in [-0.25, -0.2) is 0 Å². The van der Waals surface area contributed by atoms with Crippen LogP contribution in [0.2, 0.25) is 0 Å². The third-order valence-electron chi connectivity index (χ3n) is 16.1. The highest BCUT2D eigenvalue weighted by molar-refractivity contribution is 7.45. The van der Waals surface area contributed by atoms with Gasteiger partial charge >= 0.3 is 0 Å². The van der Waals surface area contributed by atoms with E-state index in [1.807, 2.05) is 21.1 Å². The average Bonchev–Trinajstić information content (AvgIpc) is 3.42. The summed E-state index contributed by atoms with van der Waals surface area (Å²) in [6.45, 7) is 4.66. The lowest BCUT2D eigenvalue weighted by Crippen LogP contribution is -2.46. The van der Waals surface area contributed by atoms with Crippen molar-refractivity contribution in [3.05, 3.63) is 48.6 Å². The number of hydrogen-bond acceptors (Lipinski definition) is 6. The van der Waals surface area contributed by atoms with E-state index in [4.69, 9.17) is 9.05 Å². The van der Waals surface area contributed by atoms with Crippen LogP contribution in [0, 0.1) is 0 Å². The van der Waals surface area contributed by atoms with E-state index in [-0.39, 0.29) is 19.1 Å². The van der Waals surface area contributed by atoms with E-state index in [2.05, 4.69) is 67.8 Å². The quantitative estimate of drug-likeness (QED) is 0.0272. The Balaban J connectivity index is 4.00. The first-order chi connectivity index (χ1) is 39.0. The number of carbonyl (C=O) groups excluding carboxylic acids is 1. The molecule has 0 heterocycles. The average molecular weight is 1150 g/mol. The van der Waals surface area contributed by atoms with E-state index in [0.29, 0.717) is 23.9 Å². The van der Waals surface area contributed by atoms with E-state index in [1.54, 1.807) is 0 Å². The summed E-state index contributed by atoms with van der Waals surface area (Å²) < 4.78 is 23.5. The summed E-state index contributed by atoms with van der Waals surface area (Å²) in [4.78, 5) is 25.7. The lowest BCUT2D eigenvalue weighted by molar-refractivity contribution is -0.870. The zero-order chi connectivity index (χ0) is 58.4. The maximum Gasteiger partial charge on any atom is 0.268 e. The van der Waals surface area contributed by atoms with Crippen LogP contribution in [-0.4, -0.2) is 68.5 Å². The van der Waals surface area contributed by atoms with Crippen molar-refractivity contribution in [1.29, 1.82) is 0 Å². The van der Waals surface area contributed by atoms with Gasteiger partial charge in [-0.2, -0.15) is 0 Å². The molecule has 1 amide bonds. The lowest BCUT2D eigenvalue weighted by Gasteiger charge is -2.30. The van der Waals surface area contributed by atoms with Gasteiger partial charge in [0.15, 0.2) is 0 Å². The number of hydrogen-bond donors (Lipinski definition) is 2. The zero-order valence-corrected chi connectivity index (χ0v) is 54.9. The predicted octanol–water partition coefficient (Wildman–Crippen LogP) is 21.6. The van der Waals surface area contributed by atoms with Crippen LogP contribution in [0.25, 0.3) is 0 Å². The maximum atomic E-state index is 13.1. The van der Waals surface area contributed by atoms with Gasteiger partial charge in [0.2, 0.25) is 5.91 Å². The fourth-order valence-corrected chi connectivity index (χ4v) is 11.4. The summed E-state index contributed by atoms with van der Waals surface area (Å²) in [5.74, 6) is -0.163. The molecule has 0 saturated heterocycles. The molecule has 0 spiro atoms. The van der Waals surface area contributed by atoms with E-state index >= 15 is 0 Å². The predicted molar refractivity (Wildman–Crippen MR) is 348 cm³/mol. The van der Waals surface area contributed by atoms with E-state index in [0.717, 1.165) is 64.2 Å². The minimum Gasteiger partial charge on any atom is -0.756 e. The normalized spacial score (nSPS) is 13.9. The number of rotatable bonds is 65. The minimum atomic E-state index is -4.58. The molecular weight excluding hydrogens is 1010 g/mol. The molecule has 472 valence electrons. The van der Waals surface area contributed by atoms with Crippen molar-refractivity contribution >= 4 is 13.7 Å². The van der Waals surface area contributed by atoms with Crippen molar-refractivity contribution in [3.63, 3.8) is 0 Å². The number of aliphatic hydroxyl groups is 1. The summed E-state index contributed by atoms with van der Waals surface area (Å²) >= 11 is 0. The van der Waals surface area contributed by atoms with Gasteiger partial charge in [0.05, 0.1) is 39.9 Å². The van der Waals surface area contributed by atoms with Crippen molar-refractivity contribution in [1.82, 2.24) is 5.32 Å². The van der Waals surface area contributed by atoms with Crippen LogP contribution >= 0.6 is 7.82 Å². The molecule has 2 N–H and O–H groups in total. The Morgan fingerprint density at radius 2 is 0.762 bits per heavy atom. The Labute approximate surface area is 499 Å². The van der Waals surface area contributed by atoms with Crippen LogP contribution in [-0.2, 0) is 18.4 Å². The van der Waals surface area contributed by atoms with E-state index < -0.39 is 20.0 Å². The van der Waals surface area contributed by atoms with Crippen molar-refractivity contribution < 1.29 is 32.9 Å². The van der Waals surface area contributed by atoms with Gasteiger partial charge in [-0.3, -0.25) is 9.36 Å². The highest BCUT2D eigenvalue weighted by Gasteiger charge is 2.24. The fourth-order valence-electron chi connectivity index (χ4n) is 10.7. The molecule has 8 nitrogen and oxygen atoms in total. The van der Waals surface area contributed by atoms with Gasteiger partial charge in [0.1, 0.15) is 13.2 Å². The molecule has 3 unspecified atom stereocenters. The molecule has 0 aliphatic heterocycles. The molecule has 0 saturated carbocycles. The molecule has 0 aliphatic rings. The van der Waals surface area contributed by atoms with Gasteiger partial charge in [-0.15, -0.1) is 0 Å². The Morgan fingerprint density at radius 3 is 1.11 bits per heavy atom. The summed E-state index contributed by atoms with van der Waals surface area (Å²) in [6.07, 6.45) is 83.3. The summed E-state index contributed by atoms with van der Waals surface area (Å²) in [6, 6.07) is -0.805. The monoisotopic (exact) mass is 1150 g/mol. The van der Waals surface area contributed by atoms with Gasteiger partial charge in [-0.1, -0.05) is 339 Å². The van der Waals surface area contributed by atoms with Crippen LogP contribution in [0.5, 0.6) is 0 Å². The van der Waals surface area contributed by atoms with Crippen molar-refractivity contribution in [2.75, 3.05) is 40.9 Å². The molecule has 0 aromatic heterocycles. The number of aliphatic hydroxyl groups excluding tert-OH is 1. The van der Waals surface area contributed by atoms with Gasteiger partial charge in [-0.05, 0) is 51.4 Å². The topological polar surface area (TPSA) is 108 Å². The number of likely N-dealkylation sites (N-methyl/N-ethyl adjacent to an activating group) is 1. The van der Waals surface area contributed by atoms with E-state index in [9.17, 15) is 19.4 Å². The second-order valence-corrected chi connectivity index (χ2v) is 26.6. The van der Waals surface area contributed by atoms with Crippen LogP contribution < -0.4 is 10.2 Å². The summed E-state index contributed by atoms with van der Waals surface area (Å²) in [7, 11) is 1.31. The Bertz CT molecular complexity index is 1440. The number of nitrogens with zero attached hydrogens (tertiary/aromatic N) is 1. The molecule has 0 radical (unpaired) electrons. The number of allylic oxidation sites excluding steroid dienone is 8. The maximum absolute atomic E-state index is 13.1. The molecule has 0 fully saturated rings. The SMILES string of the molecule is CC/C=C\C/C=C\C/C=C\C/C=C\CCCCCCCCCCCCCCC(=O)NC(COP(=O)([O-])OCC[N+](C)(C)C)C(O)CCCCCCCCCCCCCCCCCCCCCCCCCCCCCCCCCCC. The van der Waals surface area contributed by atoms with Crippen LogP contribution in [0.15, 0.2) is 48.6 Å². The standard InChI is InChI=1S/C71H137N2O6P/c1-6-8-10-12-14-16-18-20-22-24-26-28-30-32-33-34-35-36-37-38-39-41-42-44-46-48-50-52-54-56-58-60-62-64-70(74)69(68-79-80(76,77)78-67-66-73(3,4)5)72-71(75)65-63-61-59-57-55-53-51-49-47-45-43-40-31-29-27-25-23-21-19-17-15-13-11-9-7-2/h9,11,15,17,21,23,27,29,69-70,74H,6-8,10,12-14,16,18-20,22,24-26,28,30-68H2,1-5H3,(H-,72,75,76,77)/b11-9-,17-15-,23-21-,29-27-. The molecule has 0 aromatic carbocycles.